The van der Waals surface area contributed by atoms with Gasteiger partial charge in [0.25, 0.3) is 0 Å². The van der Waals surface area contributed by atoms with Gasteiger partial charge in [-0.05, 0) is 39.2 Å². The molecular weight excluding hydrogens is 262 g/mol. The molecule has 1 aromatic rings. The molecule has 0 heterocycles. The van der Waals surface area contributed by atoms with Crippen molar-refractivity contribution in [2.75, 3.05) is 0 Å². The number of benzene rings is 1. The van der Waals surface area contributed by atoms with Gasteiger partial charge in [-0.2, -0.15) is 0 Å². The zero-order valence-electron chi connectivity index (χ0n) is 8.80. The Morgan fingerprint density at radius 3 is 2.31 bits per heavy atom. The molecule has 4 heteroatoms. The summed E-state index contributed by atoms with van der Waals surface area (Å²) in [4.78, 5) is 12.1. The molecule has 1 unspecified atom stereocenters. The van der Waals surface area contributed by atoms with E-state index >= 15 is 0 Å². The van der Waals surface area contributed by atoms with E-state index in [0.717, 1.165) is 0 Å². The lowest BCUT2D eigenvalue weighted by molar-refractivity contribution is 0.108. The van der Waals surface area contributed by atoms with E-state index in [1.165, 1.54) is 25.7 Å². The summed E-state index contributed by atoms with van der Waals surface area (Å²) in [6, 6.07) is 5.21. The average molecular weight is 275 g/mol. The molecule has 0 aliphatic heterocycles. The lowest BCUT2D eigenvalue weighted by atomic mass is 10.2. The van der Waals surface area contributed by atoms with Crippen LogP contribution in [0.25, 0.3) is 0 Å². The molecule has 0 saturated heterocycles. The topological polar surface area (TPSA) is 17.1 Å². The first-order valence-electron chi connectivity index (χ1n) is 5.43. The minimum atomic E-state index is 0.113. The minimum absolute atomic E-state index is 0.113. The van der Waals surface area contributed by atoms with Crippen LogP contribution in [0.1, 0.15) is 36.0 Å². The second kappa shape index (κ2) is 5.49. The highest BCUT2D eigenvalue weighted by molar-refractivity contribution is 7.59. The van der Waals surface area contributed by atoms with Crippen molar-refractivity contribution < 1.29 is 4.79 Å². The van der Waals surface area contributed by atoms with Crippen molar-refractivity contribution in [3.63, 3.8) is 0 Å². The van der Waals surface area contributed by atoms with Crippen LogP contribution >= 0.6 is 31.8 Å². The van der Waals surface area contributed by atoms with Gasteiger partial charge in [0, 0.05) is 0 Å². The Morgan fingerprint density at radius 1 is 1.19 bits per heavy atom. The van der Waals surface area contributed by atoms with Crippen LogP contribution < -0.4 is 0 Å². The predicted molar refractivity (Wildman–Crippen MR) is 71.4 cm³/mol. The summed E-state index contributed by atoms with van der Waals surface area (Å²) >= 11 is 12.0. The van der Waals surface area contributed by atoms with Crippen molar-refractivity contribution in [3.8, 4) is 0 Å². The second-order valence-corrected chi connectivity index (χ2v) is 6.43. The Morgan fingerprint density at radius 2 is 1.75 bits per heavy atom. The lowest BCUT2D eigenvalue weighted by Crippen LogP contribution is -2.01. The van der Waals surface area contributed by atoms with Crippen molar-refractivity contribution in [2.24, 2.45) is 0 Å². The molecule has 1 aliphatic rings. The second-order valence-electron chi connectivity index (χ2n) is 4.05. The van der Waals surface area contributed by atoms with Gasteiger partial charge in [0.05, 0.1) is 15.6 Å². The van der Waals surface area contributed by atoms with Crippen LogP contribution in [0.4, 0.5) is 0 Å². The molecule has 0 N–H and O–H groups in total. The molecule has 16 heavy (non-hydrogen) atoms. The van der Waals surface area contributed by atoms with E-state index < -0.39 is 0 Å². The fourth-order valence-electron chi connectivity index (χ4n) is 2.04. The third-order valence-corrected chi connectivity index (χ3v) is 5.01. The number of hydrogen-bond acceptors (Lipinski definition) is 1. The van der Waals surface area contributed by atoms with Crippen LogP contribution in [0.15, 0.2) is 18.2 Å². The molecule has 1 fully saturated rings. The molecule has 1 saturated carbocycles. The normalized spacial score (nSPS) is 17.4. The van der Waals surface area contributed by atoms with Crippen LogP contribution in [0.5, 0.6) is 0 Å². The summed E-state index contributed by atoms with van der Waals surface area (Å²) < 4.78 is 0. The number of hydrogen-bond donors (Lipinski definition) is 0. The van der Waals surface area contributed by atoms with E-state index in [4.69, 9.17) is 23.2 Å². The van der Waals surface area contributed by atoms with E-state index in [9.17, 15) is 4.79 Å². The Balaban J connectivity index is 2.13. The molecular formula is C12H13Cl2OP. The van der Waals surface area contributed by atoms with Gasteiger partial charge < -0.3 is 0 Å². The van der Waals surface area contributed by atoms with Crippen LogP contribution in [-0.2, 0) is 0 Å². The summed E-state index contributed by atoms with van der Waals surface area (Å²) in [6.45, 7) is 0. The zero-order valence-corrected chi connectivity index (χ0v) is 11.3. The monoisotopic (exact) mass is 274 g/mol. The van der Waals surface area contributed by atoms with E-state index in [2.05, 4.69) is 0 Å². The molecule has 0 amide bonds. The largest absolute Gasteiger partial charge is 0.289 e. The highest BCUT2D eigenvalue weighted by Crippen LogP contribution is 2.39. The summed E-state index contributed by atoms with van der Waals surface area (Å²) in [5.74, 6) is 0. The van der Waals surface area contributed by atoms with Gasteiger partial charge in [-0.1, -0.05) is 42.1 Å². The van der Waals surface area contributed by atoms with E-state index in [1.54, 1.807) is 18.2 Å². The third-order valence-electron chi connectivity index (χ3n) is 2.88. The number of carbonyl (C=O) groups excluding carboxylic acids is 1. The molecule has 2 rings (SSSR count). The van der Waals surface area contributed by atoms with Crippen LogP contribution in [0.3, 0.4) is 0 Å². The first-order valence-corrected chi connectivity index (χ1v) is 7.26. The van der Waals surface area contributed by atoms with Crippen molar-refractivity contribution in [3.05, 3.63) is 33.8 Å². The SMILES string of the molecule is O=C(PC1CCCC1)c1c(Cl)cccc1Cl. The predicted octanol–water partition coefficient (Wildman–Crippen LogP) is 4.75. The van der Waals surface area contributed by atoms with Gasteiger partial charge in [-0.15, -0.1) is 0 Å². The molecule has 0 spiro atoms. The number of halogens is 2. The van der Waals surface area contributed by atoms with Gasteiger partial charge in [-0.25, -0.2) is 0 Å². The van der Waals surface area contributed by atoms with Crippen LogP contribution in [-0.4, -0.2) is 11.2 Å². The van der Waals surface area contributed by atoms with Crippen molar-refractivity contribution >= 4 is 37.3 Å². The Bertz CT molecular complexity index is 380. The number of rotatable bonds is 3. The first-order chi connectivity index (χ1) is 7.68. The van der Waals surface area contributed by atoms with Crippen molar-refractivity contribution in [1.29, 1.82) is 0 Å². The Hall–Kier alpha value is -0.100. The Kier molecular flexibility index (Phi) is 4.24. The molecule has 0 bridgehead atoms. The molecule has 1 aliphatic carbocycles. The van der Waals surface area contributed by atoms with Crippen molar-refractivity contribution in [2.45, 2.75) is 31.3 Å². The molecule has 86 valence electrons. The van der Waals surface area contributed by atoms with Crippen molar-refractivity contribution in [1.82, 2.24) is 0 Å². The van der Waals surface area contributed by atoms with E-state index in [-0.39, 0.29) is 5.52 Å². The van der Waals surface area contributed by atoms with Gasteiger partial charge in [0.2, 0.25) is 0 Å². The standard InChI is InChI=1S/C12H13Cl2OP/c13-9-6-3-7-10(14)11(9)12(15)16-8-4-1-2-5-8/h3,6-8,16H,1-2,4-5H2. The molecule has 1 aromatic carbocycles. The fraction of sp³-hybridized carbons (Fsp3) is 0.417. The van der Waals surface area contributed by atoms with Gasteiger partial charge in [0.1, 0.15) is 0 Å². The van der Waals surface area contributed by atoms with Gasteiger partial charge in [-0.3, -0.25) is 4.79 Å². The fourth-order valence-corrected chi connectivity index (χ4v) is 4.25. The highest BCUT2D eigenvalue weighted by atomic mass is 35.5. The summed E-state index contributed by atoms with van der Waals surface area (Å²) in [5, 5.41) is 0.950. The quantitative estimate of drug-likeness (QED) is 0.727. The minimum Gasteiger partial charge on any atom is -0.289 e. The van der Waals surface area contributed by atoms with Gasteiger partial charge in [0.15, 0.2) is 5.52 Å². The van der Waals surface area contributed by atoms with E-state index in [0.29, 0.717) is 29.8 Å². The Labute approximate surface area is 107 Å². The highest BCUT2D eigenvalue weighted by Gasteiger charge is 2.21. The van der Waals surface area contributed by atoms with Gasteiger partial charge >= 0.3 is 0 Å². The number of carbonyl (C=O) groups is 1. The zero-order chi connectivity index (χ0) is 11.5. The maximum absolute atomic E-state index is 12.1. The smallest absolute Gasteiger partial charge is 0.184 e. The average Bonchev–Trinajstić information content (AvgIpc) is 2.70. The first kappa shape index (κ1) is 12.4. The summed E-state index contributed by atoms with van der Waals surface area (Å²) in [5.41, 5.74) is 1.18. The molecule has 1 nitrogen and oxygen atoms in total. The van der Waals surface area contributed by atoms with Crippen LogP contribution in [0.2, 0.25) is 10.0 Å². The van der Waals surface area contributed by atoms with Crippen LogP contribution in [0, 0.1) is 0 Å². The lowest BCUT2D eigenvalue weighted by Gasteiger charge is -2.10. The summed E-state index contributed by atoms with van der Waals surface area (Å²) in [7, 11) is 0.322. The molecule has 0 radical (unpaired) electrons. The maximum atomic E-state index is 12.1. The molecule has 0 aromatic heterocycles. The summed E-state index contributed by atoms with van der Waals surface area (Å²) in [6.07, 6.45) is 4.85. The maximum Gasteiger partial charge on any atom is 0.184 e. The molecule has 1 atom stereocenters. The van der Waals surface area contributed by atoms with E-state index in [1.807, 2.05) is 0 Å². The third kappa shape index (κ3) is 2.77.